The van der Waals surface area contributed by atoms with Crippen LogP contribution in [0.4, 0.5) is 5.82 Å². The number of aromatic nitrogens is 1. The van der Waals surface area contributed by atoms with E-state index in [-0.39, 0.29) is 24.0 Å². The SMILES string of the molecule is CC(CNCC1COc2ccccc2O1)N(C(=O)C1CCCCC1)c1ccccn1. The maximum Gasteiger partial charge on any atom is 0.231 e. The normalized spacial score (nSPS) is 19.8. The van der Waals surface area contributed by atoms with E-state index >= 15 is 0 Å². The predicted molar refractivity (Wildman–Crippen MR) is 117 cm³/mol. The van der Waals surface area contributed by atoms with E-state index < -0.39 is 0 Å². The Balaban J connectivity index is 1.36. The number of carbonyl (C=O) groups is 1. The highest BCUT2D eigenvalue weighted by Gasteiger charge is 2.30. The lowest BCUT2D eigenvalue weighted by Gasteiger charge is -2.33. The molecule has 0 bridgehead atoms. The molecule has 2 atom stereocenters. The summed E-state index contributed by atoms with van der Waals surface area (Å²) in [6.45, 7) is 3.92. The second kappa shape index (κ2) is 9.94. The maximum atomic E-state index is 13.4. The predicted octanol–water partition coefficient (Wildman–Crippen LogP) is 3.81. The van der Waals surface area contributed by atoms with Crippen molar-refractivity contribution in [2.75, 3.05) is 24.6 Å². The van der Waals surface area contributed by atoms with Crippen molar-refractivity contribution in [1.82, 2.24) is 10.3 Å². The summed E-state index contributed by atoms with van der Waals surface area (Å²) >= 11 is 0. The average Bonchev–Trinajstić information content (AvgIpc) is 2.80. The smallest absolute Gasteiger partial charge is 0.231 e. The molecule has 0 spiro atoms. The first-order valence-electron chi connectivity index (χ1n) is 11.1. The standard InChI is InChI=1S/C24H31N3O3/c1-18(15-25-16-20-17-29-21-11-5-6-12-22(21)30-20)27(23-13-7-8-14-26-23)24(28)19-9-3-2-4-10-19/h5-8,11-14,18-20,25H,2-4,9-10,15-17H2,1H3. The van der Waals surface area contributed by atoms with Gasteiger partial charge >= 0.3 is 0 Å². The Morgan fingerprint density at radius 2 is 1.90 bits per heavy atom. The van der Waals surface area contributed by atoms with Gasteiger partial charge in [0.1, 0.15) is 18.5 Å². The molecule has 1 amide bonds. The van der Waals surface area contributed by atoms with Gasteiger partial charge in [0.05, 0.1) is 0 Å². The Morgan fingerprint density at radius 1 is 1.13 bits per heavy atom. The van der Waals surface area contributed by atoms with Crippen molar-refractivity contribution in [3.05, 3.63) is 48.7 Å². The maximum absolute atomic E-state index is 13.4. The van der Waals surface area contributed by atoms with Gasteiger partial charge in [-0.1, -0.05) is 37.5 Å². The van der Waals surface area contributed by atoms with E-state index in [2.05, 4.69) is 17.2 Å². The number of nitrogens with one attached hydrogen (secondary N) is 1. The molecule has 1 fully saturated rings. The Bertz CT molecular complexity index is 823. The summed E-state index contributed by atoms with van der Waals surface area (Å²) in [7, 11) is 0. The number of hydrogen-bond acceptors (Lipinski definition) is 5. The monoisotopic (exact) mass is 409 g/mol. The topological polar surface area (TPSA) is 63.7 Å². The van der Waals surface area contributed by atoms with Crippen LogP contribution in [0.5, 0.6) is 11.5 Å². The van der Waals surface area contributed by atoms with Crippen molar-refractivity contribution in [2.45, 2.75) is 51.2 Å². The summed E-state index contributed by atoms with van der Waals surface area (Å²) in [5.74, 6) is 2.62. The van der Waals surface area contributed by atoms with Gasteiger partial charge < -0.3 is 14.8 Å². The third-order valence-electron chi connectivity index (χ3n) is 5.91. The number of hydrogen-bond donors (Lipinski definition) is 1. The third-order valence-corrected chi connectivity index (χ3v) is 5.91. The number of fused-ring (bicyclic) bond motifs is 1. The first-order chi connectivity index (χ1) is 14.7. The third kappa shape index (κ3) is 4.93. The molecule has 1 aliphatic carbocycles. The number of benzene rings is 1. The molecule has 0 radical (unpaired) electrons. The minimum Gasteiger partial charge on any atom is -0.486 e. The molecule has 30 heavy (non-hydrogen) atoms. The van der Waals surface area contributed by atoms with Crippen molar-refractivity contribution in [3.8, 4) is 11.5 Å². The van der Waals surface area contributed by atoms with Gasteiger partial charge in [0.25, 0.3) is 0 Å². The van der Waals surface area contributed by atoms with E-state index in [1.807, 2.05) is 47.4 Å². The molecular weight excluding hydrogens is 378 g/mol. The van der Waals surface area contributed by atoms with Gasteiger partial charge in [0.2, 0.25) is 5.91 Å². The summed E-state index contributed by atoms with van der Waals surface area (Å²) in [6.07, 6.45) is 7.17. The van der Waals surface area contributed by atoms with Crippen molar-refractivity contribution >= 4 is 11.7 Å². The molecule has 1 aliphatic heterocycles. The largest absolute Gasteiger partial charge is 0.486 e. The van der Waals surface area contributed by atoms with Crippen molar-refractivity contribution < 1.29 is 14.3 Å². The van der Waals surface area contributed by atoms with Crippen LogP contribution >= 0.6 is 0 Å². The lowest BCUT2D eigenvalue weighted by Crippen LogP contribution is -2.49. The van der Waals surface area contributed by atoms with Gasteiger partial charge in [-0.3, -0.25) is 9.69 Å². The fourth-order valence-corrected chi connectivity index (χ4v) is 4.31. The zero-order chi connectivity index (χ0) is 20.8. The summed E-state index contributed by atoms with van der Waals surface area (Å²) < 4.78 is 11.8. The molecule has 2 aromatic rings. The second-order valence-corrected chi connectivity index (χ2v) is 8.24. The number of nitrogens with zero attached hydrogens (tertiary/aromatic N) is 2. The first kappa shape index (κ1) is 20.7. The van der Waals surface area contributed by atoms with Crippen LogP contribution in [0.1, 0.15) is 39.0 Å². The van der Waals surface area contributed by atoms with Gasteiger partial charge in [0.15, 0.2) is 11.5 Å². The molecule has 2 heterocycles. The van der Waals surface area contributed by atoms with E-state index in [4.69, 9.17) is 9.47 Å². The molecule has 1 aromatic heterocycles. The van der Waals surface area contributed by atoms with Gasteiger partial charge in [-0.2, -0.15) is 0 Å². The number of amides is 1. The Kier molecular flexibility index (Phi) is 6.84. The van der Waals surface area contributed by atoms with Crippen LogP contribution in [0.2, 0.25) is 0 Å². The minimum absolute atomic E-state index is 0.00822. The lowest BCUT2D eigenvalue weighted by molar-refractivity contribution is -0.123. The van der Waals surface area contributed by atoms with Crippen molar-refractivity contribution in [2.24, 2.45) is 5.92 Å². The highest BCUT2D eigenvalue weighted by atomic mass is 16.6. The summed E-state index contributed by atoms with van der Waals surface area (Å²) in [6, 6.07) is 13.5. The van der Waals surface area contributed by atoms with E-state index in [9.17, 15) is 4.79 Å². The van der Waals surface area contributed by atoms with Crippen LogP contribution in [-0.2, 0) is 4.79 Å². The number of carbonyl (C=O) groups excluding carboxylic acids is 1. The number of pyridine rings is 1. The molecule has 0 saturated heterocycles. The van der Waals surface area contributed by atoms with Gasteiger partial charge in [0, 0.05) is 31.2 Å². The van der Waals surface area contributed by atoms with E-state index in [0.29, 0.717) is 19.7 Å². The highest BCUT2D eigenvalue weighted by molar-refractivity contribution is 5.94. The van der Waals surface area contributed by atoms with E-state index in [1.54, 1.807) is 6.20 Å². The fraction of sp³-hybridized carbons (Fsp3) is 0.500. The fourth-order valence-electron chi connectivity index (χ4n) is 4.31. The van der Waals surface area contributed by atoms with Crippen LogP contribution in [-0.4, -0.2) is 42.7 Å². The molecule has 1 aromatic carbocycles. The zero-order valence-corrected chi connectivity index (χ0v) is 17.6. The van der Waals surface area contributed by atoms with Gasteiger partial charge in [-0.05, 0) is 44.0 Å². The Morgan fingerprint density at radius 3 is 2.67 bits per heavy atom. The molecular formula is C24H31N3O3. The van der Waals surface area contributed by atoms with E-state index in [1.165, 1.54) is 6.42 Å². The number of anilines is 1. The number of ether oxygens (including phenoxy) is 2. The molecule has 1 saturated carbocycles. The lowest BCUT2D eigenvalue weighted by atomic mass is 9.88. The number of rotatable bonds is 7. The zero-order valence-electron chi connectivity index (χ0n) is 17.6. The average molecular weight is 410 g/mol. The molecule has 2 aliphatic rings. The molecule has 4 rings (SSSR count). The highest BCUT2D eigenvalue weighted by Crippen LogP contribution is 2.31. The van der Waals surface area contributed by atoms with Crippen LogP contribution in [0, 0.1) is 5.92 Å². The molecule has 160 valence electrons. The van der Waals surface area contributed by atoms with Crippen molar-refractivity contribution in [1.29, 1.82) is 0 Å². The van der Waals surface area contributed by atoms with Crippen LogP contribution in [0.25, 0.3) is 0 Å². The van der Waals surface area contributed by atoms with Crippen LogP contribution in [0.3, 0.4) is 0 Å². The Hall–Kier alpha value is -2.60. The van der Waals surface area contributed by atoms with Crippen molar-refractivity contribution in [3.63, 3.8) is 0 Å². The number of para-hydroxylation sites is 2. The summed E-state index contributed by atoms with van der Waals surface area (Å²) in [4.78, 5) is 19.7. The quantitative estimate of drug-likeness (QED) is 0.753. The minimum atomic E-state index is -0.0514. The molecule has 6 nitrogen and oxygen atoms in total. The van der Waals surface area contributed by atoms with Crippen LogP contribution in [0.15, 0.2) is 48.7 Å². The summed E-state index contributed by atoms with van der Waals surface area (Å²) in [5, 5.41) is 3.47. The molecule has 6 heteroatoms. The second-order valence-electron chi connectivity index (χ2n) is 8.24. The molecule has 1 N–H and O–H groups in total. The first-order valence-corrected chi connectivity index (χ1v) is 11.1. The molecule has 2 unspecified atom stereocenters. The van der Waals surface area contributed by atoms with E-state index in [0.717, 1.165) is 43.0 Å². The van der Waals surface area contributed by atoms with Gasteiger partial charge in [-0.25, -0.2) is 4.98 Å². The van der Waals surface area contributed by atoms with Gasteiger partial charge in [-0.15, -0.1) is 0 Å². The van der Waals surface area contributed by atoms with Crippen LogP contribution < -0.4 is 19.7 Å². The summed E-state index contributed by atoms with van der Waals surface area (Å²) in [5.41, 5.74) is 0. The Labute approximate surface area is 178 Å².